The van der Waals surface area contributed by atoms with Crippen LogP contribution in [0.5, 0.6) is 0 Å². The lowest BCUT2D eigenvalue weighted by Crippen LogP contribution is -2.20. The SMILES string of the molecule is O=C(Nc1nc(-c2ccc3c(c2)CCC3)cs1)c1cnn(-c2ccccc2)c1C(F)(F)F. The molecule has 0 spiro atoms. The largest absolute Gasteiger partial charge is 0.434 e. The highest BCUT2D eigenvalue weighted by atomic mass is 32.1. The van der Waals surface area contributed by atoms with Gasteiger partial charge in [-0.25, -0.2) is 9.67 Å². The highest BCUT2D eigenvalue weighted by Gasteiger charge is 2.40. The molecule has 0 aliphatic heterocycles. The van der Waals surface area contributed by atoms with E-state index in [-0.39, 0.29) is 10.8 Å². The molecular formula is C23H17F3N4OS. The number of hydrogen-bond donors (Lipinski definition) is 1. The maximum atomic E-state index is 13.8. The molecule has 0 fully saturated rings. The second kappa shape index (κ2) is 7.90. The van der Waals surface area contributed by atoms with Crippen LogP contribution in [0.4, 0.5) is 18.3 Å². The fourth-order valence-electron chi connectivity index (χ4n) is 3.91. The summed E-state index contributed by atoms with van der Waals surface area (Å²) >= 11 is 1.17. The minimum Gasteiger partial charge on any atom is -0.298 e. The molecule has 5 nitrogen and oxygen atoms in total. The molecule has 32 heavy (non-hydrogen) atoms. The number of anilines is 1. The zero-order valence-corrected chi connectivity index (χ0v) is 17.5. The normalized spacial score (nSPS) is 13.2. The van der Waals surface area contributed by atoms with E-state index in [1.54, 1.807) is 23.6 Å². The van der Waals surface area contributed by atoms with Gasteiger partial charge in [0.15, 0.2) is 10.8 Å². The summed E-state index contributed by atoms with van der Waals surface area (Å²) in [6.07, 6.45) is -0.596. The summed E-state index contributed by atoms with van der Waals surface area (Å²) in [7, 11) is 0. The second-order valence-electron chi connectivity index (χ2n) is 7.48. The molecule has 2 aromatic heterocycles. The van der Waals surface area contributed by atoms with Gasteiger partial charge in [-0.15, -0.1) is 11.3 Å². The summed E-state index contributed by atoms with van der Waals surface area (Å²) in [5.74, 6) is -0.908. The first-order valence-electron chi connectivity index (χ1n) is 10.00. The molecule has 0 bridgehead atoms. The van der Waals surface area contributed by atoms with E-state index in [4.69, 9.17) is 0 Å². The minimum absolute atomic E-state index is 0.215. The molecule has 1 aliphatic rings. The number of carbonyl (C=O) groups excluding carboxylic acids is 1. The van der Waals surface area contributed by atoms with Crippen LogP contribution in [0, 0.1) is 0 Å². The van der Waals surface area contributed by atoms with E-state index < -0.39 is 23.3 Å². The molecule has 1 N–H and O–H groups in total. The lowest BCUT2D eigenvalue weighted by atomic mass is 10.1. The third-order valence-corrected chi connectivity index (χ3v) is 6.16. The van der Waals surface area contributed by atoms with Crippen molar-refractivity contribution in [1.29, 1.82) is 0 Å². The Morgan fingerprint density at radius 3 is 2.62 bits per heavy atom. The van der Waals surface area contributed by atoms with E-state index in [1.807, 2.05) is 6.07 Å². The number of fused-ring (bicyclic) bond motifs is 1. The van der Waals surface area contributed by atoms with E-state index >= 15 is 0 Å². The zero-order valence-electron chi connectivity index (χ0n) is 16.7. The van der Waals surface area contributed by atoms with Crippen LogP contribution in [0.2, 0.25) is 0 Å². The number of carbonyl (C=O) groups is 1. The zero-order chi connectivity index (χ0) is 22.3. The second-order valence-corrected chi connectivity index (χ2v) is 8.34. The van der Waals surface area contributed by atoms with Gasteiger partial charge in [0.2, 0.25) is 0 Å². The van der Waals surface area contributed by atoms with E-state index in [0.29, 0.717) is 5.69 Å². The van der Waals surface area contributed by atoms with Crippen LogP contribution in [0.15, 0.2) is 60.1 Å². The fourth-order valence-corrected chi connectivity index (χ4v) is 4.63. The van der Waals surface area contributed by atoms with Crippen molar-refractivity contribution in [3.8, 4) is 16.9 Å². The Labute approximate surface area is 185 Å². The van der Waals surface area contributed by atoms with Crippen LogP contribution in [0.1, 0.15) is 33.6 Å². The van der Waals surface area contributed by atoms with Gasteiger partial charge in [0.25, 0.3) is 5.91 Å². The highest BCUT2D eigenvalue weighted by molar-refractivity contribution is 7.14. The van der Waals surface area contributed by atoms with Crippen molar-refractivity contribution < 1.29 is 18.0 Å². The van der Waals surface area contributed by atoms with Crippen LogP contribution < -0.4 is 5.32 Å². The van der Waals surface area contributed by atoms with Gasteiger partial charge in [-0.3, -0.25) is 10.1 Å². The number of benzene rings is 2. The van der Waals surface area contributed by atoms with Gasteiger partial charge in [0.1, 0.15) is 0 Å². The first-order chi connectivity index (χ1) is 15.4. The van der Waals surface area contributed by atoms with Gasteiger partial charge < -0.3 is 0 Å². The Kier molecular flexibility index (Phi) is 5.05. The topological polar surface area (TPSA) is 59.8 Å². The lowest BCUT2D eigenvalue weighted by Gasteiger charge is -2.12. The molecule has 1 amide bonds. The van der Waals surface area contributed by atoms with Crippen LogP contribution in [-0.2, 0) is 19.0 Å². The minimum atomic E-state index is -4.77. The highest BCUT2D eigenvalue weighted by Crippen LogP contribution is 2.35. The number of aryl methyl sites for hydroxylation is 2. The molecular weight excluding hydrogens is 437 g/mol. The predicted molar refractivity (Wildman–Crippen MR) is 116 cm³/mol. The first kappa shape index (κ1) is 20.4. The number of nitrogens with zero attached hydrogens (tertiary/aromatic N) is 3. The molecule has 0 atom stereocenters. The summed E-state index contributed by atoms with van der Waals surface area (Å²) < 4.78 is 42.2. The van der Waals surface area contributed by atoms with Crippen molar-refractivity contribution in [3.63, 3.8) is 0 Å². The number of thiazole rings is 1. The predicted octanol–water partition coefficient (Wildman–Crippen LogP) is 5.76. The van der Waals surface area contributed by atoms with E-state index in [9.17, 15) is 18.0 Å². The number of rotatable bonds is 4. The van der Waals surface area contributed by atoms with E-state index in [0.717, 1.165) is 35.7 Å². The molecule has 0 saturated carbocycles. The summed E-state index contributed by atoms with van der Waals surface area (Å²) in [4.78, 5) is 17.1. The number of amides is 1. The molecule has 2 aromatic carbocycles. The Hall–Kier alpha value is -3.46. The molecule has 0 unspecified atom stereocenters. The Morgan fingerprint density at radius 1 is 1.06 bits per heavy atom. The third kappa shape index (κ3) is 3.80. The number of hydrogen-bond acceptors (Lipinski definition) is 4. The van der Waals surface area contributed by atoms with Crippen molar-refractivity contribution in [2.45, 2.75) is 25.4 Å². The van der Waals surface area contributed by atoms with Gasteiger partial charge in [-0.1, -0.05) is 30.3 Å². The fraction of sp³-hybridized carbons (Fsp3) is 0.174. The van der Waals surface area contributed by atoms with Crippen molar-refractivity contribution in [3.05, 3.63) is 82.5 Å². The van der Waals surface area contributed by atoms with Crippen LogP contribution >= 0.6 is 11.3 Å². The van der Waals surface area contributed by atoms with Crippen molar-refractivity contribution >= 4 is 22.4 Å². The summed E-state index contributed by atoms with van der Waals surface area (Å²) in [5, 5.41) is 8.32. The molecule has 5 rings (SSSR count). The van der Waals surface area contributed by atoms with Crippen LogP contribution in [-0.4, -0.2) is 20.7 Å². The third-order valence-electron chi connectivity index (χ3n) is 5.40. The van der Waals surface area contributed by atoms with Gasteiger partial charge in [-0.2, -0.15) is 18.3 Å². The molecule has 0 radical (unpaired) electrons. The Balaban J connectivity index is 1.42. The quantitative estimate of drug-likeness (QED) is 0.427. The molecule has 1 aliphatic carbocycles. The van der Waals surface area contributed by atoms with Crippen LogP contribution in [0.3, 0.4) is 0 Å². The number of nitrogens with one attached hydrogen (secondary N) is 1. The molecule has 2 heterocycles. The summed E-state index contributed by atoms with van der Waals surface area (Å²) in [6, 6.07) is 14.0. The van der Waals surface area contributed by atoms with Crippen molar-refractivity contribution in [2.24, 2.45) is 0 Å². The number of alkyl halides is 3. The van der Waals surface area contributed by atoms with Crippen molar-refractivity contribution in [2.75, 3.05) is 5.32 Å². The number of halogens is 3. The van der Waals surface area contributed by atoms with Crippen molar-refractivity contribution in [1.82, 2.24) is 14.8 Å². The number of aromatic nitrogens is 3. The maximum absolute atomic E-state index is 13.8. The number of para-hydroxylation sites is 1. The average Bonchev–Trinajstić information content (AvgIpc) is 3.52. The summed E-state index contributed by atoms with van der Waals surface area (Å²) in [5.41, 5.74) is 2.77. The van der Waals surface area contributed by atoms with Gasteiger partial charge in [-0.05, 0) is 48.6 Å². The molecule has 9 heteroatoms. The molecule has 4 aromatic rings. The van der Waals surface area contributed by atoms with E-state index in [1.165, 1.54) is 34.6 Å². The van der Waals surface area contributed by atoms with Gasteiger partial charge in [0, 0.05) is 10.9 Å². The summed E-state index contributed by atoms with van der Waals surface area (Å²) in [6.45, 7) is 0. The Morgan fingerprint density at radius 2 is 1.84 bits per heavy atom. The monoisotopic (exact) mass is 454 g/mol. The van der Waals surface area contributed by atoms with Crippen LogP contribution in [0.25, 0.3) is 16.9 Å². The van der Waals surface area contributed by atoms with Gasteiger partial charge in [0.05, 0.1) is 23.1 Å². The molecule has 162 valence electrons. The smallest absolute Gasteiger partial charge is 0.298 e. The maximum Gasteiger partial charge on any atom is 0.434 e. The average molecular weight is 454 g/mol. The first-order valence-corrected chi connectivity index (χ1v) is 10.9. The standard InChI is InChI=1S/C23H17F3N4OS/c24-23(25,26)20-18(12-27-30(20)17-7-2-1-3-8-17)21(31)29-22-28-19(13-32-22)16-10-9-14-5-4-6-15(14)11-16/h1-3,7-13H,4-6H2,(H,28,29,31). The van der Waals surface area contributed by atoms with Gasteiger partial charge >= 0.3 is 6.18 Å². The van der Waals surface area contributed by atoms with E-state index in [2.05, 4.69) is 27.5 Å². The Bertz CT molecular complexity index is 1290. The molecule has 0 saturated heterocycles. The lowest BCUT2D eigenvalue weighted by molar-refractivity contribution is -0.143.